The van der Waals surface area contributed by atoms with Crippen LogP contribution in [0.5, 0.6) is 11.5 Å². The summed E-state index contributed by atoms with van der Waals surface area (Å²) >= 11 is 0. The van der Waals surface area contributed by atoms with Gasteiger partial charge in [-0.25, -0.2) is 4.98 Å². The molecule has 7 nitrogen and oxygen atoms in total. The third-order valence-electron chi connectivity index (χ3n) is 5.30. The maximum absolute atomic E-state index is 12.0. The molecule has 0 radical (unpaired) electrons. The molecule has 1 saturated heterocycles. The summed E-state index contributed by atoms with van der Waals surface area (Å²) in [5.74, 6) is 1.42. The normalized spacial score (nSPS) is 15.2. The highest BCUT2D eigenvalue weighted by Gasteiger charge is 2.25. The lowest BCUT2D eigenvalue weighted by Crippen LogP contribution is -2.36. The number of nitrogens with zero attached hydrogens (tertiary/aromatic N) is 2. The Hall–Kier alpha value is -4.13. The lowest BCUT2D eigenvalue weighted by molar-refractivity contribution is -0.117. The number of hydrogen-bond acceptors (Lipinski definition) is 5. The number of hydrogen-bond donors (Lipinski definition) is 2. The fraction of sp³-hybridized carbons (Fsp3) is 0.160. The highest BCUT2D eigenvalue weighted by atomic mass is 16.5. The molecular formula is C25H24N4O3. The number of benzene rings is 2. The first-order chi connectivity index (χ1) is 15.5. The summed E-state index contributed by atoms with van der Waals surface area (Å²) in [6.07, 6.45) is 2.07. The van der Waals surface area contributed by atoms with Crippen LogP contribution in [0.25, 0.3) is 11.3 Å². The van der Waals surface area contributed by atoms with Crippen LogP contribution in [0.2, 0.25) is 0 Å². The second-order valence-electron chi connectivity index (χ2n) is 7.51. The largest absolute Gasteiger partial charge is 0.457 e. The Bertz CT molecular complexity index is 1130. The molecule has 3 N–H and O–H groups in total. The summed E-state index contributed by atoms with van der Waals surface area (Å²) in [5.41, 5.74) is 7.23. The summed E-state index contributed by atoms with van der Waals surface area (Å²) in [6.45, 7) is 4.87. The molecule has 1 unspecified atom stereocenters. The van der Waals surface area contributed by atoms with E-state index in [1.165, 1.54) is 6.08 Å². The zero-order valence-electron chi connectivity index (χ0n) is 17.5. The monoisotopic (exact) mass is 428 g/mol. The molecule has 1 aromatic heterocycles. The van der Waals surface area contributed by atoms with Crippen LogP contribution in [0.3, 0.4) is 0 Å². The van der Waals surface area contributed by atoms with E-state index in [1.54, 1.807) is 12.1 Å². The van der Waals surface area contributed by atoms with Crippen molar-refractivity contribution in [3.63, 3.8) is 0 Å². The molecule has 4 rings (SSSR count). The number of pyridine rings is 1. The number of ether oxygens (including phenoxy) is 1. The quantitative estimate of drug-likeness (QED) is 0.561. The number of nitrogens with two attached hydrogens (primary N) is 1. The van der Waals surface area contributed by atoms with Crippen molar-refractivity contribution >= 4 is 17.6 Å². The van der Waals surface area contributed by atoms with Gasteiger partial charge in [0.1, 0.15) is 17.3 Å². The van der Waals surface area contributed by atoms with E-state index in [1.807, 2.05) is 54.6 Å². The predicted octanol–water partition coefficient (Wildman–Crippen LogP) is 3.52. The molecule has 162 valence electrons. The number of nitrogens with one attached hydrogen (secondary N) is 1. The zero-order valence-corrected chi connectivity index (χ0v) is 17.5. The number of carbonyl (C=O) groups excluding carboxylic acids is 2. The standard InChI is InChI=1S/C25H24N4O3/c1-2-23(30)27-18-14-15-29(16-18)22-13-12-21(25(26)31)24(28-22)17-8-10-20(11-9-17)32-19-6-4-3-5-7-19/h2-13,18H,1,14-16H2,(H2,26,31)(H,27,30). The Kier molecular flexibility index (Phi) is 6.17. The molecule has 0 bridgehead atoms. The van der Waals surface area contributed by atoms with Crippen molar-refractivity contribution in [3.05, 3.63) is 84.9 Å². The van der Waals surface area contributed by atoms with Gasteiger partial charge in [-0.2, -0.15) is 0 Å². The fourth-order valence-corrected chi connectivity index (χ4v) is 3.70. The van der Waals surface area contributed by atoms with Gasteiger partial charge in [-0.3, -0.25) is 9.59 Å². The van der Waals surface area contributed by atoms with E-state index in [0.717, 1.165) is 30.1 Å². The van der Waals surface area contributed by atoms with Crippen LogP contribution in [-0.4, -0.2) is 35.9 Å². The minimum absolute atomic E-state index is 0.0241. The van der Waals surface area contributed by atoms with Gasteiger partial charge in [0.25, 0.3) is 5.91 Å². The average Bonchev–Trinajstić information content (AvgIpc) is 3.28. The molecule has 32 heavy (non-hydrogen) atoms. The summed E-state index contributed by atoms with van der Waals surface area (Å²) < 4.78 is 5.84. The molecule has 0 saturated carbocycles. The topological polar surface area (TPSA) is 97.6 Å². The zero-order chi connectivity index (χ0) is 22.5. The molecule has 0 spiro atoms. The van der Waals surface area contributed by atoms with E-state index >= 15 is 0 Å². The molecule has 1 atom stereocenters. The lowest BCUT2D eigenvalue weighted by atomic mass is 10.0. The molecule has 1 fully saturated rings. The Morgan fingerprint density at radius 3 is 2.47 bits per heavy atom. The Balaban J connectivity index is 1.57. The van der Waals surface area contributed by atoms with Crippen LogP contribution < -0.4 is 20.7 Å². The van der Waals surface area contributed by atoms with Crippen LogP contribution in [0, 0.1) is 0 Å². The molecule has 1 aliphatic heterocycles. The number of rotatable bonds is 7. The first-order valence-corrected chi connectivity index (χ1v) is 10.4. The third kappa shape index (κ3) is 4.78. The molecule has 2 heterocycles. The van der Waals surface area contributed by atoms with Gasteiger partial charge in [0.15, 0.2) is 0 Å². The van der Waals surface area contributed by atoms with E-state index < -0.39 is 5.91 Å². The molecule has 3 aromatic rings. The number of anilines is 1. The van der Waals surface area contributed by atoms with Crippen molar-refractivity contribution in [2.45, 2.75) is 12.5 Å². The number of amides is 2. The van der Waals surface area contributed by atoms with E-state index in [0.29, 0.717) is 23.6 Å². The molecule has 2 amide bonds. The molecule has 0 aliphatic carbocycles. The van der Waals surface area contributed by atoms with Crippen molar-refractivity contribution < 1.29 is 14.3 Å². The summed E-state index contributed by atoms with van der Waals surface area (Å²) in [6, 6.07) is 20.4. The second-order valence-corrected chi connectivity index (χ2v) is 7.51. The Morgan fingerprint density at radius 1 is 1.06 bits per heavy atom. The van der Waals surface area contributed by atoms with E-state index in [9.17, 15) is 9.59 Å². The van der Waals surface area contributed by atoms with Crippen molar-refractivity contribution in [3.8, 4) is 22.8 Å². The number of para-hydroxylation sites is 1. The third-order valence-corrected chi connectivity index (χ3v) is 5.30. The van der Waals surface area contributed by atoms with Gasteiger partial charge < -0.3 is 20.7 Å². The van der Waals surface area contributed by atoms with Crippen molar-refractivity contribution in [1.29, 1.82) is 0 Å². The van der Waals surface area contributed by atoms with Crippen LogP contribution in [-0.2, 0) is 4.79 Å². The van der Waals surface area contributed by atoms with Gasteiger partial charge >= 0.3 is 0 Å². The maximum Gasteiger partial charge on any atom is 0.250 e. The smallest absolute Gasteiger partial charge is 0.250 e. The first kappa shape index (κ1) is 21.1. The minimum atomic E-state index is -0.541. The van der Waals surface area contributed by atoms with Crippen molar-refractivity contribution in [2.24, 2.45) is 5.73 Å². The average molecular weight is 428 g/mol. The van der Waals surface area contributed by atoms with Gasteiger partial charge in [-0.15, -0.1) is 0 Å². The summed E-state index contributed by atoms with van der Waals surface area (Å²) in [5, 5.41) is 2.92. The van der Waals surface area contributed by atoms with Crippen molar-refractivity contribution in [1.82, 2.24) is 10.3 Å². The van der Waals surface area contributed by atoms with Crippen LogP contribution >= 0.6 is 0 Å². The Morgan fingerprint density at radius 2 is 1.78 bits per heavy atom. The van der Waals surface area contributed by atoms with E-state index in [-0.39, 0.29) is 11.9 Å². The highest BCUT2D eigenvalue weighted by molar-refractivity contribution is 5.99. The van der Waals surface area contributed by atoms with E-state index in [2.05, 4.69) is 16.8 Å². The number of primary amides is 1. The summed E-state index contributed by atoms with van der Waals surface area (Å²) in [4.78, 5) is 30.4. The van der Waals surface area contributed by atoms with Crippen LogP contribution in [0.4, 0.5) is 5.82 Å². The SMILES string of the molecule is C=CC(=O)NC1CCN(c2ccc(C(N)=O)c(-c3ccc(Oc4ccccc4)cc3)n2)C1. The molecule has 1 aliphatic rings. The minimum Gasteiger partial charge on any atom is -0.457 e. The fourth-order valence-electron chi connectivity index (χ4n) is 3.70. The first-order valence-electron chi connectivity index (χ1n) is 10.4. The number of carbonyl (C=O) groups is 2. The van der Waals surface area contributed by atoms with Crippen LogP contribution in [0.1, 0.15) is 16.8 Å². The van der Waals surface area contributed by atoms with Gasteiger partial charge in [-0.05, 0) is 61.0 Å². The van der Waals surface area contributed by atoms with E-state index in [4.69, 9.17) is 15.5 Å². The van der Waals surface area contributed by atoms with Gasteiger partial charge in [-0.1, -0.05) is 24.8 Å². The molecular weight excluding hydrogens is 404 g/mol. The summed E-state index contributed by atoms with van der Waals surface area (Å²) in [7, 11) is 0. The molecule has 7 heteroatoms. The Labute approximate surface area is 186 Å². The molecule has 2 aromatic carbocycles. The van der Waals surface area contributed by atoms with Gasteiger partial charge in [0.05, 0.1) is 11.3 Å². The predicted molar refractivity (Wildman–Crippen MR) is 124 cm³/mol. The van der Waals surface area contributed by atoms with Crippen molar-refractivity contribution in [2.75, 3.05) is 18.0 Å². The highest BCUT2D eigenvalue weighted by Crippen LogP contribution is 2.29. The lowest BCUT2D eigenvalue weighted by Gasteiger charge is -2.19. The maximum atomic E-state index is 12.0. The van der Waals surface area contributed by atoms with Gasteiger partial charge in [0.2, 0.25) is 5.91 Å². The van der Waals surface area contributed by atoms with Crippen LogP contribution in [0.15, 0.2) is 79.4 Å². The number of aromatic nitrogens is 1. The van der Waals surface area contributed by atoms with Gasteiger partial charge in [0, 0.05) is 24.7 Å². The second kappa shape index (κ2) is 9.34.